The van der Waals surface area contributed by atoms with Gasteiger partial charge in [-0.3, -0.25) is 14.5 Å². The van der Waals surface area contributed by atoms with E-state index in [0.717, 1.165) is 13.0 Å². The molecule has 1 amide bonds. The molecule has 8 heteroatoms. The van der Waals surface area contributed by atoms with E-state index < -0.39 is 5.41 Å². The molecule has 0 saturated carbocycles. The number of nitrogen functional groups attached to an aromatic ring is 1. The van der Waals surface area contributed by atoms with E-state index in [1.807, 2.05) is 25.8 Å². The van der Waals surface area contributed by atoms with Crippen LogP contribution < -0.4 is 5.73 Å². The summed E-state index contributed by atoms with van der Waals surface area (Å²) in [6.45, 7) is 5.81. The van der Waals surface area contributed by atoms with Gasteiger partial charge in [0.2, 0.25) is 5.91 Å². The highest BCUT2D eigenvalue weighted by atomic mass is 16.5. The van der Waals surface area contributed by atoms with Gasteiger partial charge in [-0.15, -0.1) is 0 Å². The number of hydrogen-bond donors (Lipinski definition) is 1. The molecule has 1 aliphatic rings. The van der Waals surface area contributed by atoms with Crippen molar-refractivity contribution in [3.63, 3.8) is 0 Å². The number of rotatable bonds is 7. The number of amides is 1. The number of nitrogens with two attached hydrogens (primary N) is 1. The summed E-state index contributed by atoms with van der Waals surface area (Å²) in [6.07, 6.45) is 3.12. The molecule has 1 aromatic heterocycles. The number of likely N-dealkylation sites (tertiary alicyclic amines) is 1. The van der Waals surface area contributed by atoms with Gasteiger partial charge in [0, 0.05) is 31.7 Å². The van der Waals surface area contributed by atoms with Crippen LogP contribution in [0.1, 0.15) is 38.9 Å². The van der Waals surface area contributed by atoms with Crippen LogP contribution in [0.3, 0.4) is 0 Å². The summed E-state index contributed by atoms with van der Waals surface area (Å²) in [7, 11) is 3.37. The molecule has 0 aromatic carbocycles. The number of esters is 1. The number of anilines is 1. The lowest BCUT2D eigenvalue weighted by molar-refractivity contribution is -0.143. The number of aromatic nitrogens is 2. The Morgan fingerprint density at radius 2 is 2.15 bits per heavy atom. The SMILES string of the molecule is COC(=O)CC(C)(C)CC(=O)N1CC[C@H](N(C)Cc2nccc(N)n2)C1. The maximum Gasteiger partial charge on any atom is 0.306 e. The van der Waals surface area contributed by atoms with Gasteiger partial charge in [-0.25, -0.2) is 9.97 Å². The second-order valence-corrected chi connectivity index (χ2v) is 7.69. The largest absolute Gasteiger partial charge is 0.469 e. The van der Waals surface area contributed by atoms with Crippen molar-refractivity contribution in [1.29, 1.82) is 0 Å². The van der Waals surface area contributed by atoms with E-state index >= 15 is 0 Å². The van der Waals surface area contributed by atoms with Crippen molar-refractivity contribution in [2.45, 2.75) is 45.7 Å². The minimum atomic E-state index is -0.413. The number of nitrogens with zero attached hydrogens (tertiary/aromatic N) is 4. The zero-order valence-electron chi connectivity index (χ0n) is 16.1. The summed E-state index contributed by atoms with van der Waals surface area (Å²) in [4.78, 5) is 36.6. The van der Waals surface area contributed by atoms with Crippen LogP contribution in [0.5, 0.6) is 0 Å². The third-order valence-electron chi connectivity index (χ3n) is 4.74. The second kappa shape index (κ2) is 8.44. The molecule has 0 radical (unpaired) electrons. The van der Waals surface area contributed by atoms with E-state index in [1.54, 1.807) is 12.3 Å². The van der Waals surface area contributed by atoms with Crippen molar-refractivity contribution >= 4 is 17.7 Å². The molecule has 2 N–H and O–H groups in total. The number of ether oxygens (including phenoxy) is 1. The smallest absolute Gasteiger partial charge is 0.306 e. The summed E-state index contributed by atoms with van der Waals surface area (Å²) in [5.74, 6) is 0.926. The molecular formula is C18H29N5O3. The van der Waals surface area contributed by atoms with Crippen molar-refractivity contribution in [2.75, 3.05) is 33.0 Å². The van der Waals surface area contributed by atoms with E-state index in [9.17, 15) is 9.59 Å². The standard InChI is InChI=1S/C18H29N5O3/c1-18(2,10-17(25)26-4)9-16(24)23-8-6-13(11-23)22(3)12-15-20-7-5-14(19)21-15/h5,7,13H,6,8-12H2,1-4H3,(H2,19,20,21)/t13-/m0/s1. The van der Waals surface area contributed by atoms with E-state index in [0.29, 0.717) is 31.2 Å². The van der Waals surface area contributed by atoms with Crippen molar-refractivity contribution in [1.82, 2.24) is 19.8 Å². The summed E-state index contributed by atoms with van der Waals surface area (Å²) < 4.78 is 4.72. The molecule has 0 bridgehead atoms. The topological polar surface area (TPSA) is 102 Å². The lowest BCUT2D eigenvalue weighted by atomic mass is 9.85. The van der Waals surface area contributed by atoms with Crippen LogP contribution in [-0.2, 0) is 20.9 Å². The number of hydrogen-bond acceptors (Lipinski definition) is 7. The first-order valence-corrected chi connectivity index (χ1v) is 8.82. The Hall–Kier alpha value is -2.22. The van der Waals surface area contributed by atoms with Gasteiger partial charge in [0.25, 0.3) is 0 Å². The van der Waals surface area contributed by atoms with Gasteiger partial charge < -0.3 is 15.4 Å². The van der Waals surface area contributed by atoms with E-state index in [-0.39, 0.29) is 24.3 Å². The normalized spacial score (nSPS) is 17.6. The maximum atomic E-state index is 12.6. The van der Waals surface area contributed by atoms with Crippen LogP contribution in [0.15, 0.2) is 12.3 Å². The Balaban J connectivity index is 1.86. The number of carbonyl (C=O) groups excluding carboxylic acids is 2. The van der Waals surface area contributed by atoms with Crippen molar-refractivity contribution in [3.05, 3.63) is 18.1 Å². The maximum absolute atomic E-state index is 12.6. The summed E-state index contributed by atoms with van der Waals surface area (Å²) in [5.41, 5.74) is 5.28. The van der Waals surface area contributed by atoms with Crippen LogP contribution in [0.25, 0.3) is 0 Å². The first-order chi connectivity index (χ1) is 12.2. The molecule has 1 atom stereocenters. The minimum absolute atomic E-state index is 0.0787. The third-order valence-corrected chi connectivity index (χ3v) is 4.74. The first-order valence-electron chi connectivity index (χ1n) is 8.82. The average Bonchev–Trinajstić information content (AvgIpc) is 3.04. The Labute approximate surface area is 154 Å². The predicted octanol–water partition coefficient (Wildman–Crippen LogP) is 1.07. The highest BCUT2D eigenvalue weighted by molar-refractivity contribution is 5.78. The Bertz CT molecular complexity index is 649. The summed E-state index contributed by atoms with van der Waals surface area (Å²) >= 11 is 0. The molecule has 0 spiro atoms. The Morgan fingerprint density at radius 1 is 1.42 bits per heavy atom. The molecule has 26 heavy (non-hydrogen) atoms. The van der Waals surface area contributed by atoms with E-state index in [2.05, 4.69) is 14.9 Å². The molecule has 2 heterocycles. The number of carbonyl (C=O) groups is 2. The fraction of sp³-hybridized carbons (Fsp3) is 0.667. The van der Waals surface area contributed by atoms with Gasteiger partial charge in [-0.1, -0.05) is 13.8 Å². The van der Waals surface area contributed by atoms with Gasteiger partial charge in [-0.05, 0) is 24.9 Å². The summed E-state index contributed by atoms with van der Waals surface area (Å²) in [5, 5.41) is 0. The zero-order chi connectivity index (χ0) is 19.3. The van der Waals surface area contributed by atoms with Crippen molar-refractivity contribution in [3.8, 4) is 0 Å². The molecule has 1 fully saturated rings. The molecule has 1 aliphatic heterocycles. The quantitative estimate of drug-likeness (QED) is 0.723. The van der Waals surface area contributed by atoms with Gasteiger partial charge in [0.1, 0.15) is 11.6 Å². The van der Waals surface area contributed by atoms with Crippen LogP contribution in [0.2, 0.25) is 0 Å². The molecule has 1 saturated heterocycles. The van der Waals surface area contributed by atoms with Crippen LogP contribution in [0.4, 0.5) is 5.82 Å². The van der Waals surface area contributed by atoms with E-state index in [1.165, 1.54) is 7.11 Å². The molecule has 0 unspecified atom stereocenters. The third kappa shape index (κ3) is 5.66. The van der Waals surface area contributed by atoms with Crippen LogP contribution in [-0.4, -0.2) is 64.9 Å². The van der Waals surface area contributed by atoms with Crippen LogP contribution >= 0.6 is 0 Å². The molecular weight excluding hydrogens is 334 g/mol. The zero-order valence-corrected chi connectivity index (χ0v) is 16.1. The van der Waals surface area contributed by atoms with Gasteiger partial charge in [0.15, 0.2) is 0 Å². The number of likely N-dealkylation sites (N-methyl/N-ethyl adjacent to an activating group) is 1. The van der Waals surface area contributed by atoms with Crippen LogP contribution in [0, 0.1) is 5.41 Å². The monoisotopic (exact) mass is 363 g/mol. The summed E-state index contributed by atoms with van der Waals surface area (Å²) in [6, 6.07) is 1.92. The molecule has 2 rings (SSSR count). The van der Waals surface area contributed by atoms with Crippen molar-refractivity contribution in [2.24, 2.45) is 5.41 Å². The highest BCUT2D eigenvalue weighted by Gasteiger charge is 2.33. The second-order valence-electron chi connectivity index (χ2n) is 7.69. The molecule has 144 valence electrons. The average molecular weight is 363 g/mol. The van der Waals surface area contributed by atoms with Gasteiger partial charge in [-0.2, -0.15) is 0 Å². The number of methoxy groups -OCH3 is 1. The lowest BCUT2D eigenvalue weighted by Gasteiger charge is -2.27. The predicted molar refractivity (Wildman–Crippen MR) is 97.9 cm³/mol. The molecule has 0 aliphatic carbocycles. The Morgan fingerprint density at radius 3 is 2.81 bits per heavy atom. The van der Waals surface area contributed by atoms with E-state index in [4.69, 9.17) is 10.5 Å². The van der Waals surface area contributed by atoms with Gasteiger partial charge in [0.05, 0.1) is 20.1 Å². The highest BCUT2D eigenvalue weighted by Crippen LogP contribution is 2.28. The fourth-order valence-corrected chi connectivity index (χ4v) is 3.22. The lowest BCUT2D eigenvalue weighted by Crippen LogP contribution is -2.38. The van der Waals surface area contributed by atoms with Gasteiger partial charge >= 0.3 is 5.97 Å². The minimum Gasteiger partial charge on any atom is -0.469 e. The van der Waals surface area contributed by atoms with Crippen molar-refractivity contribution < 1.29 is 14.3 Å². The fourth-order valence-electron chi connectivity index (χ4n) is 3.22. The molecule has 1 aromatic rings. The first kappa shape index (κ1) is 20.1. The molecule has 8 nitrogen and oxygen atoms in total. The Kier molecular flexibility index (Phi) is 6.52.